The van der Waals surface area contributed by atoms with E-state index in [2.05, 4.69) is 5.32 Å². The Morgan fingerprint density at radius 1 is 1.18 bits per heavy atom. The van der Waals surface area contributed by atoms with Crippen LogP contribution in [0.4, 0.5) is 0 Å². The molecule has 148 valence electrons. The Bertz CT molecular complexity index is 854. The van der Waals surface area contributed by atoms with E-state index in [1.54, 1.807) is 11.5 Å². The fraction of sp³-hybridized carbons (Fsp3) is 0.333. The summed E-state index contributed by atoms with van der Waals surface area (Å²) >= 11 is 0. The summed E-state index contributed by atoms with van der Waals surface area (Å²) in [5.41, 5.74) is 4.28. The maximum absolute atomic E-state index is 12.6. The number of para-hydroxylation sites is 1. The summed E-state index contributed by atoms with van der Waals surface area (Å²) in [5, 5.41) is 22.2. The Morgan fingerprint density at radius 3 is 2.64 bits per heavy atom. The standard InChI is InChI=1S/C21H24N2O5/c1-28-18-9-5-3-7-14(18)10-15(21(26)23-27)12-19(25)22-20-16-8-4-2-6-13(16)11-17(20)24/h2-9,15,17,20,24,27H,10-12H2,1H3,(H,22,25)(H,23,26)/t15?,17-,20+/m1/s1. The lowest BCUT2D eigenvalue weighted by atomic mass is 9.94. The van der Waals surface area contributed by atoms with E-state index in [-0.39, 0.29) is 18.7 Å². The molecule has 28 heavy (non-hydrogen) atoms. The van der Waals surface area contributed by atoms with E-state index in [1.807, 2.05) is 42.5 Å². The molecule has 0 fully saturated rings. The van der Waals surface area contributed by atoms with Crippen molar-refractivity contribution in [1.29, 1.82) is 0 Å². The van der Waals surface area contributed by atoms with Gasteiger partial charge in [-0.3, -0.25) is 14.8 Å². The van der Waals surface area contributed by atoms with Gasteiger partial charge in [-0.25, -0.2) is 5.48 Å². The van der Waals surface area contributed by atoms with E-state index in [0.717, 1.165) is 16.7 Å². The highest BCUT2D eigenvalue weighted by Crippen LogP contribution is 2.31. The minimum absolute atomic E-state index is 0.129. The third kappa shape index (κ3) is 4.32. The minimum atomic E-state index is -0.782. The third-order valence-corrected chi connectivity index (χ3v) is 5.09. The third-order valence-electron chi connectivity index (χ3n) is 5.09. The molecule has 2 aromatic carbocycles. The molecule has 3 atom stereocenters. The summed E-state index contributed by atoms with van der Waals surface area (Å²) in [7, 11) is 1.53. The summed E-state index contributed by atoms with van der Waals surface area (Å²) in [6, 6.07) is 14.3. The first-order valence-corrected chi connectivity index (χ1v) is 9.14. The van der Waals surface area contributed by atoms with Crippen molar-refractivity contribution in [3.8, 4) is 5.75 Å². The maximum Gasteiger partial charge on any atom is 0.247 e. The number of aliphatic hydroxyl groups excluding tert-OH is 1. The molecule has 0 aromatic heterocycles. The van der Waals surface area contributed by atoms with Crippen molar-refractivity contribution >= 4 is 11.8 Å². The predicted octanol–water partition coefficient (Wildman–Crippen LogP) is 1.52. The number of nitrogens with one attached hydrogen (secondary N) is 2. The second kappa shape index (κ2) is 8.86. The number of fused-ring (bicyclic) bond motifs is 1. The first-order valence-electron chi connectivity index (χ1n) is 9.14. The number of carbonyl (C=O) groups excluding carboxylic acids is 2. The molecule has 1 aliphatic rings. The number of methoxy groups -OCH3 is 1. The average molecular weight is 384 g/mol. The first-order chi connectivity index (χ1) is 13.5. The Hall–Kier alpha value is -2.90. The quantitative estimate of drug-likeness (QED) is 0.428. The monoisotopic (exact) mass is 384 g/mol. The Balaban J connectivity index is 1.71. The lowest BCUT2D eigenvalue weighted by Gasteiger charge is -2.21. The van der Waals surface area contributed by atoms with E-state index in [4.69, 9.17) is 9.94 Å². The van der Waals surface area contributed by atoms with E-state index in [1.165, 1.54) is 7.11 Å². The lowest BCUT2D eigenvalue weighted by molar-refractivity contribution is -0.136. The number of hydroxylamine groups is 1. The number of carbonyl (C=O) groups is 2. The van der Waals surface area contributed by atoms with Crippen LogP contribution >= 0.6 is 0 Å². The van der Waals surface area contributed by atoms with Crippen molar-refractivity contribution in [3.63, 3.8) is 0 Å². The van der Waals surface area contributed by atoms with Crippen molar-refractivity contribution in [2.24, 2.45) is 5.92 Å². The highest BCUT2D eigenvalue weighted by atomic mass is 16.5. The van der Waals surface area contributed by atoms with Crippen molar-refractivity contribution in [3.05, 3.63) is 65.2 Å². The zero-order chi connectivity index (χ0) is 20.1. The molecule has 0 radical (unpaired) electrons. The van der Waals surface area contributed by atoms with Crippen LogP contribution in [-0.2, 0) is 22.4 Å². The van der Waals surface area contributed by atoms with Crippen LogP contribution in [0.1, 0.15) is 29.2 Å². The SMILES string of the molecule is COc1ccccc1CC(CC(=O)N[C@H]1c2ccccc2C[C@H]1O)C(=O)NO. The fourth-order valence-electron chi connectivity index (χ4n) is 3.69. The highest BCUT2D eigenvalue weighted by Gasteiger charge is 2.33. The van der Waals surface area contributed by atoms with E-state index in [0.29, 0.717) is 12.2 Å². The molecule has 1 unspecified atom stereocenters. The van der Waals surface area contributed by atoms with Gasteiger partial charge in [0, 0.05) is 12.8 Å². The molecule has 0 saturated heterocycles. The van der Waals surface area contributed by atoms with Gasteiger partial charge in [0.05, 0.1) is 25.2 Å². The summed E-state index contributed by atoms with van der Waals surface area (Å²) in [4.78, 5) is 24.7. The molecule has 7 heteroatoms. The molecule has 7 nitrogen and oxygen atoms in total. The number of hydrogen-bond donors (Lipinski definition) is 4. The number of benzene rings is 2. The van der Waals surface area contributed by atoms with Crippen LogP contribution in [0.25, 0.3) is 0 Å². The highest BCUT2D eigenvalue weighted by molar-refractivity contribution is 5.85. The second-order valence-electron chi connectivity index (χ2n) is 6.91. The smallest absolute Gasteiger partial charge is 0.247 e. The lowest BCUT2D eigenvalue weighted by Crippen LogP contribution is -2.38. The van der Waals surface area contributed by atoms with Gasteiger partial charge in [0.15, 0.2) is 0 Å². The van der Waals surface area contributed by atoms with Crippen molar-refractivity contribution in [2.45, 2.75) is 31.4 Å². The molecule has 0 bridgehead atoms. The van der Waals surface area contributed by atoms with Gasteiger partial charge >= 0.3 is 0 Å². The molecular formula is C21H24N2O5. The van der Waals surface area contributed by atoms with E-state index < -0.39 is 24.0 Å². The van der Waals surface area contributed by atoms with Crippen molar-refractivity contribution in [1.82, 2.24) is 10.8 Å². The Labute approximate surface area is 163 Å². The largest absolute Gasteiger partial charge is 0.496 e. The van der Waals surface area contributed by atoms with Gasteiger partial charge in [0.25, 0.3) is 0 Å². The molecule has 3 rings (SSSR count). The van der Waals surface area contributed by atoms with Crippen LogP contribution in [0.5, 0.6) is 5.75 Å². The zero-order valence-electron chi connectivity index (χ0n) is 15.6. The Kier molecular flexibility index (Phi) is 6.28. The summed E-state index contributed by atoms with van der Waals surface area (Å²) < 4.78 is 5.30. The van der Waals surface area contributed by atoms with Gasteiger partial charge in [-0.1, -0.05) is 42.5 Å². The predicted molar refractivity (Wildman–Crippen MR) is 102 cm³/mol. The molecule has 0 aliphatic heterocycles. The van der Waals surface area contributed by atoms with Crippen LogP contribution < -0.4 is 15.5 Å². The first kappa shape index (κ1) is 19.9. The van der Waals surface area contributed by atoms with Gasteiger partial charge in [0.2, 0.25) is 11.8 Å². The van der Waals surface area contributed by atoms with Crippen LogP contribution in [-0.4, -0.2) is 35.3 Å². The van der Waals surface area contributed by atoms with Crippen LogP contribution in [0, 0.1) is 5.92 Å². The fourth-order valence-corrected chi connectivity index (χ4v) is 3.69. The minimum Gasteiger partial charge on any atom is -0.496 e. The van der Waals surface area contributed by atoms with Gasteiger partial charge < -0.3 is 15.2 Å². The zero-order valence-corrected chi connectivity index (χ0v) is 15.6. The van der Waals surface area contributed by atoms with Crippen LogP contribution in [0.15, 0.2) is 48.5 Å². The van der Waals surface area contributed by atoms with E-state index >= 15 is 0 Å². The summed E-state index contributed by atoms with van der Waals surface area (Å²) in [6.07, 6.45) is -0.132. The normalized spacial score (nSPS) is 18.8. The van der Waals surface area contributed by atoms with Crippen LogP contribution in [0.3, 0.4) is 0 Å². The van der Waals surface area contributed by atoms with Crippen molar-refractivity contribution < 1.29 is 24.6 Å². The molecule has 1 aliphatic carbocycles. The maximum atomic E-state index is 12.6. The molecule has 2 aromatic rings. The van der Waals surface area contributed by atoms with Crippen molar-refractivity contribution in [2.75, 3.05) is 7.11 Å². The molecule has 4 N–H and O–H groups in total. The van der Waals surface area contributed by atoms with Gasteiger partial charge in [-0.2, -0.15) is 0 Å². The molecule has 0 heterocycles. The topological polar surface area (TPSA) is 108 Å². The summed E-state index contributed by atoms with van der Waals surface area (Å²) in [6.45, 7) is 0. The molecule has 0 spiro atoms. The number of rotatable bonds is 7. The number of ether oxygens (including phenoxy) is 1. The number of aliphatic hydroxyl groups is 1. The number of hydrogen-bond acceptors (Lipinski definition) is 5. The summed E-state index contributed by atoms with van der Waals surface area (Å²) in [5.74, 6) is -1.19. The van der Waals surface area contributed by atoms with Gasteiger partial charge in [-0.05, 0) is 29.2 Å². The van der Waals surface area contributed by atoms with Gasteiger partial charge in [0.1, 0.15) is 5.75 Å². The van der Waals surface area contributed by atoms with Gasteiger partial charge in [-0.15, -0.1) is 0 Å². The second-order valence-corrected chi connectivity index (χ2v) is 6.91. The van der Waals surface area contributed by atoms with Crippen LogP contribution in [0.2, 0.25) is 0 Å². The number of amides is 2. The molecular weight excluding hydrogens is 360 g/mol. The molecule has 2 amide bonds. The van der Waals surface area contributed by atoms with E-state index in [9.17, 15) is 14.7 Å². The molecule has 0 saturated carbocycles. The average Bonchev–Trinajstić information content (AvgIpc) is 3.02. The Morgan fingerprint density at radius 2 is 1.89 bits per heavy atom.